The Morgan fingerprint density at radius 3 is 2.21 bits per heavy atom. The van der Waals surface area contributed by atoms with Crippen molar-refractivity contribution in [3.05, 3.63) is 42.2 Å². The first-order valence-electron chi connectivity index (χ1n) is 4.24. The summed E-state index contributed by atoms with van der Waals surface area (Å²) in [5.41, 5.74) is 1.85. The Labute approximate surface area is 95.0 Å². The molecular formula is C11H14BrNO. The molecule has 1 aromatic rings. The third-order valence-electron chi connectivity index (χ3n) is 1.75. The minimum absolute atomic E-state index is 0. The van der Waals surface area contributed by atoms with Crippen LogP contribution in [0.2, 0.25) is 0 Å². The second-order valence-corrected chi connectivity index (χ2v) is 3.27. The smallest absolute Gasteiger partial charge is 0.169 e. The van der Waals surface area contributed by atoms with Crippen LogP contribution in [0.5, 0.6) is 0 Å². The fraction of sp³-hybridized carbons (Fsp3) is 0.273. The van der Waals surface area contributed by atoms with Gasteiger partial charge in [0.25, 0.3) is 0 Å². The summed E-state index contributed by atoms with van der Waals surface area (Å²) in [5.74, 6) is 0.0995. The molecule has 0 amide bonds. The van der Waals surface area contributed by atoms with Gasteiger partial charge >= 0.3 is 0 Å². The maximum atomic E-state index is 11.0. The van der Waals surface area contributed by atoms with Crippen LogP contribution in [0.15, 0.2) is 36.7 Å². The number of hydrogen-bond donors (Lipinski definition) is 0. The molecule has 1 aromatic heterocycles. The summed E-state index contributed by atoms with van der Waals surface area (Å²) in [6.45, 7) is 8.17. The molecule has 3 heteroatoms. The zero-order valence-electron chi connectivity index (χ0n) is 8.46. The molecule has 0 aliphatic carbocycles. The monoisotopic (exact) mass is 255 g/mol. The van der Waals surface area contributed by atoms with Crippen LogP contribution in [0.3, 0.4) is 0 Å². The number of Topliss-reactive ketones (excluding diaryl/α,β-unsaturated/α-hetero) is 1. The number of allylic oxidation sites excluding steroid dienone is 1. The fourth-order valence-electron chi connectivity index (χ4n) is 1.11. The van der Waals surface area contributed by atoms with E-state index in [4.69, 9.17) is 0 Å². The highest BCUT2D eigenvalue weighted by Gasteiger charge is 2.03. The Morgan fingerprint density at radius 2 is 1.86 bits per heavy atom. The molecule has 0 aliphatic heterocycles. The number of hydrogen-bond acceptors (Lipinski definition) is 1. The van der Waals surface area contributed by atoms with Gasteiger partial charge in [-0.15, -0.1) is 0 Å². The minimum Gasteiger partial charge on any atom is -1.00 e. The molecule has 0 aliphatic rings. The molecule has 0 fully saturated rings. The molecule has 1 heterocycles. The van der Waals surface area contributed by atoms with Gasteiger partial charge in [-0.2, -0.15) is 0 Å². The summed E-state index contributed by atoms with van der Waals surface area (Å²) >= 11 is 0. The lowest BCUT2D eigenvalue weighted by Crippen LogP contribution is -3.00. The number of carbonyl (C=O) groups excluding carboxylic acids is 1. The van der Waals surface area contributed by atoms with E-state index in [0.717, 1.165) is 17.7 Å². The number of ketones is 1. The lowest BCUT2D eigenvalue weighted by molar-refractivity contribution is -0.689. The van der Waals surface area contributed by atoms with Gasteiger partial charge in [-0.1, -0.05) is 6.58 Å². The number of aromatic nitrogens is 1. The topological polar surface area (TPSA) is 20.9 Å². The first kappa shape index (κ1) is 13.0. The lowest BCUT2D eigenvalue weighted by Gasteiger charge is -1.96. The summed E-state index contributed by atoms with van der Waals surface area (Å²) in [5, 5.41) is 0. The SMILES string of the molecule is C=C(C)C[n+]1ccc(C(C)=O)cc1.[Br-]. The molecule has 2 nitrogen and oxygen atoms in total. The molecule has 0 atom stereocenters. The second-order valence-electron chi connectivity index (χ2n) is 3.27. The predicted molar refractivity (Wildman–Crippen MR) is 51.5 cm³/mol. The highest BCUT2D eigenvalue weighted by Crippen LogP contribution is 1.96. The fourth-order valence-corrected chi connectivity index (χ4v) is 1.11. The molecule has 0 aromatic carbocycles. The van der Waals surface area contributed by atoms with Crippen molar-refractivity contribution in [2.75, 3.05) is 0 Å². The Hall–Kier alpha value is -0.960. The first-order valence-corrected chi connectivity index (χ1v) is 4.24. The van der Waals surface area contributed by atoms with Gasteiger partial charge < -0.3 is 17.0 Å². The third-order valence-corrected chi connectivity index (χ3v) is 1.75. The van der Waals surface area contributed by atoms with Gasteiger partial charge in [-0.05, 0) is 19.4 Å². The van der Waals surface area contributed by atoms with E-state index in [1.54, 1.807) is 6.92 Å². The van der Waals surface area contributed by atoms with Crippen LogP contribution in [0.1, 0.15) is 24.2 Å². The number of carbonyl (C=O) groups is 1. The third kappa shape index (κ3) is 3.83. The van der Waals surface area contributed by atoms with Gasteiger partial charge in [-0.3, -0.25) is 4.79 Å². The summed E-state index contributed by atoms with van der Waals surface area (Å²) in [4.78, 5) is 11.0. The predicted octanol–water partition coefficient (Wildman–Crippen LogP) is -1.24. The lowest BCUT2D eigenvalue weighted by atomic mass is 10.2. The van der Waals surface area contributed by atoms with Crippen molar-refractivity contribution < 1.29 is 26.3 Å². The molecule has 0 bridgehead atoms. The van der Waals surface area contributed by atoms with E-state index in [0.29, 0.717) is 0 Å². The van der Waals surface area contributed by atoms with Crippen LogP contribution >= 0.6 is 0 Å². The van der Waals surface area contributed by atoms with Crippen LogP contribution < -0.4 is 21.5 Å². The van der Waals surface area contributed by atoms with E-state index in [-0.39, 0.29) is 22.8 Å². The number of nitrogens with zero attached hydrogens (tertiary/aromatic N) is 1. The van der Waals surface area contributed by atoms with Gasteiger partial charge in [0.15, 0.2) is 24.7 Å². The van der Waals surface area contributed by atoms with E-state index >= 15 is 0 Å². The number of pyridine rings is 1. The van der Waals surface area contributed by atoms with E-state index in [1.807, 2.05) is 36.0 Å². The van der Waals surface area contributed by atoms with Crippen LogP contribution in [-0.2, 0) is 6.54 Å². The maximum Gasteiger partial charge on any atom is 0.169 e. The zero-order valence-corrected chi connectivity index (χ0v) is 10.0. The molecular weight excluding hydrogens is 242 g/mol. The maximum absolute atomic E-state index is 11.0. The van der Waals surface area contributed by atoms with Crippen molar-refractivity contribution in [3.63, 3.8) is 0 Å². The van der Waals surface area contributed by atoms with E-state index in [9.17, 15) is 4.79 Å². The molecule has 0 spiro atoms. The van der Waals surface area contributed by atoms with Gasteiger partial charge in [0.2, 0.25) is 0 Å². The zero-order chi connectivity index (χ0) is 9.84. The largest absolute Gasteiger partial charge is 1.00 e. The minimum atomic E-state index is 0. The quantitative estimate of drug-likeness (QED) is 0.376. The highest BCUT2D eigenvalue weighted by molar-refractivity contribution is 5.93. The van der Waals surface area contributed by atoms with Crippen molar-refractivity contribution >= 4 is 5.78 Å². The molecule has 0 saturated carbocycles. The van der Waals surface area contributed by atoms with Gasteiger partial charge in [0, 0.05) is 17.7 Å². The van der Waals surface area contributed by atoms with Crippen molar-refractivity contribution in [1.82, 2.24) is 0 Å². The Morgan fingerprint density at radius 1 is 1.36 bits per heavy atom. The van der Waals surface area contributed by atoms with Crippen LogP contribution in [0.4, 0.5) is 0 Å². The van der Waals surface area contributed by atoms with Crippen molar-refractivity contribution in [3.8, 4) is 0 Å². The van der Waals surface area contributed by atoms with Gasteiger partial charge in [0.05, 0.1) is 0 Å². The summed E-state index contributed by atoms with van der Waals surface area (Å²) in [7, 11) is 0. The first-order chi connectivity index (χ1) is 6.09. The van der Waals surface area contributed by atoms with Gasteiger partial charge in [0.1, 0.15) is 0 Å². The standard InChI is InChI=1S/C11H14NO.BrH/c1-9(2)8-12-6-4-11(5-7-12)10(3)13;/h4-7H,1,8H2,2-3H3;1H/q+1;/p-1. The Kier molecular flexibility index (Phi) is 5.31. The van der Waals surface area contributed by atoms with Crippen LogP contribution in [-0.4, -0.2) is 5.78 Å². The summed E-state index contributed by atoms with van der Waals surface area (Å²) in [6, 6.07) is 3.65. The molecule has 14 heavy (non-hydrogen) atoms. The van der Waals surface area contributed by atoms with E-state index < -0.39 is 0 Å². The van der Waals surface area contributed by atoms with Crippen molar-refractivity contribution in [1.29, 1.82) is 0 Å². The van der Waals surface area contributed by atoms with Crippen molar-refractivity contribution in [2.45, 2.75) is 20.4 Å². The molecule has 0 radical (unpaired) electrons. The number of rotatable bonds is 3. The van der Waals surface area contributed by atoms with Crippen LogP contribution in [0, 0.1) is 0 Å². The van der Waals surface area contributed by atoms with Crippen LogP contribution in [0.25, 0.3) is 0 Å². The molecule has 1 rings (SSSR count). The summed E-state index contributed by atoms with van der Waals surface area (Å²) < 4.78 is 1.99. The second kappa shape index (κ2) is 5.70. The normalized spacial score (nSPS) is 9.00. The molecule has 0 saturated heterocycles. The highest BCUT2D eigenvalue weighted by atomic mass is 79.9. The number of halogens is 1. The van der Waals surface area contributed by atoms with Gasteiger partial charge in [-0.25, -0.2) is 4.57 Å². The average Bonchev–Trinajstić information content (AvgIpc) is 2.04. The Bertz CT molecular complexity index is 330. The molecule has 0 unspecified atom stereocenters. The van der Waals surface area contributed by atoms with E-state index in [2.05, 4.69) is 6.58 Å². The molecule has 76 valence electrons. The Balaban J connectivity index is 0.00000169. The average molecular weight is 256 g/mol. The molecule has 0 N–H and O–H groups in total. The summed E-state index contributed by atoms with van der Waals surface area (Å²) in [6.07, 6.45) is 3.79. The van der Waals surface area contributed by atoms with Crippen molar-refractivity contribution in [2.24, 2.45) is 0 Å². The van der Waals surface area contributed by atoms with E-state index in [1.165, 1.54) is 0 Å².